The molecule has 0 bridgehead atoms. The van der Waals surface area contributed by atoms with E-state index in [1.54, 1.807) is 0 Å². The summed E-state index contributed by atoms with van der Waals surface area (Å²) in [5.41, 5.74) is 1.24. The Balaban J connectivity index is 4.31. The van der Waals surface area contributed by atoms with Crippen LogP contribution in [0.25, 0.3) is 0 Å². The third-order valence-electron chi connectivity index (χ3n) is 2.58. The topological polar surface area (TPSA) is 24.1 Å². The van der Waals surface area contributed by atoms with Gasteiger partial charge in [-0.2, -0.15) is 0 Å². The van der Waals surface area contributed by atoms with Gasteiger partial charge in [0.05, 0.1) is 0 Å². The molecule has 0 radical (unpaired) electrons. The van der Waals surface area contributed by atoms with E-state index in [0.717, 1.165) is 5.54 Å². The Morgan fingerprint density at radius 2 is 1.58 bits per heavy atom. The van der Waals surface area contributed by atoms with Crippen molar-refractivity contribution < 1.29 is 0 Å². The van der Waals surface area contributed by atoms with Crippen LogP contribution in [-0.2, 0) is 0 Å². The van der Waals surface area contributed by atoms with Gasteiger partial charge < -0.3 is 9.96 Å². The van der Waals surface area contributed by atoms with Crippen molar-refractivity contribution in [2.45, 2.75) is 39.7 Å². The number of nitrogens with one attached hydrogen (secondary N) is 2. The molecule has 0 aromatic heterocycles. The fourth-order valence-electron chi connectivity index (χ4n) is 1.89. The third kappa shape index (κ3) is 3.25. The summed E-state index contributed by atoms with van der Waals surface area (Å²) in [6, 6.07) is 0. The van der Waals surface area contributed by atoms with E-state index in [1.807, 2.05) is 0 Å². The maximum absolute atomic E-state index is 3.44. The average Bonchev–Trinajstić information content (AvgIpc) is 1.97. The van der Waals surface area contributed by atoms with Crippen LogP contribution < -0.4 is 9.96 Å². The summed E-state index contributed by atoms with van der Waals surface area (Å²) in [6.45, 7) is 9.27. The Labute approximate surface area is 78.9 Å². The summed E-state index contributed by atoms with van der Waals surface area (Å²) in [6.07, 6.45) is 1.27. The minimum Gasteiger partial charge on any atom is -0.330 e. The Kier molecular flexibility index (Phi) is 5.05. The molecule has 0 aliphatic carbocycles. The molecule has 0 fully saturated rings. The molecule has 0 aliphatic heterocycles. The van der Waals surface area contributed by atoms with Crippen molar-refractivity contribution in [1.82, 2.24) is 9.96 Å². The van der Waals surface area contributed by atoms with Crippen LogP contribution in [0.5, 0.6) is 0 Å². The van der Waals surface area contributed by atoms with Gasteiger partial charge in [0, 0.05) is 0 Å². The first-order valence-electron chi connectivity index (χ1n) is 4.81. The van der Waals surface area contributed by atoms with E-state index >= 15 is 0 Å². The molecule has 0 saturated carbocycles. The first-order chi connectivity index (χ1) is 5.47. The number of hydrogen-bond acceptors (Lipinski definition) is 2. The van der Waals surface area contributed by atoms with E-state index in [-0.39, 0.29) is 0 Å². The maximum atomic E-state index is 3.44. The van der Waals surface area contributed by atoms with Gasteiger partial charge in [-0.15, -0.1) is 0 Å². The van der Waals surface area contributed by atoms with Crippen LogP contribution in [0.1, 0.15) is 34.1 Å². The molecule has 3 heteroatoms. The molecule has 0 aliphatic rings. The van der Waals surface area contributed by atoms with E-state index in [1.165, 1.54) is 6.42 Å². The Hall–Kier alpha value is 0.137. The summed E-state index contributed by atoms with van der Waals surface area (Å²) < 4.78 is 0. The van der Waals surface area contributed by atoms with Gasteiger partial charge in [-0.25, -0.2) is 0 Å². The zero-order chi connectivity index (χ0) is 9.78. The predicted molar refractivity (Wildman–Crippen MR) is 58.8 cm³/mol. The lowest BCUT2D eigenvalue weighted by Gasteiger charge is -2.34. The molecular weight excluding hydrogens is 164 g/mol. The second-order valence-corrected chi connectivity index (χ2v) is 7.35. The molecule has 0 saturated heterocycles. The fourth-order valence-corrected chi connectivity index (χ4v) is 4.46. The molecule has 0 amide bonds. The molecule has 74 valence electrons. The highest BCUT2D eigenvalue weighted by Gasteiger charge is 2.30. The first kappa shape index (κ1) is 12.1. The minimum atomic E-state index is -0.932. The third-order valence-corrected chi connectivity index (χ3v) is 6.10. The summed E-state index contributed by atoms with van der Waals surface area (Å²) in [5.74, 6) is 0. The van der Waals surface area contributed by atoms with Crippen molar-refractivity contribution in [1.29, 1.82) is 0 Å². The van der Waals surface area contributed by atoms with Crippen LogP contribution in [0.3, 0.4) is 0 Å². The second kappa shape index (κ2) is 4.99. The fraction of sp³-hybridized carbons (Fsp3) is 1.00. The maximum Gasteiger partial charge on any atom is 0.187 e. The van der Waals surface area contributed by atoms with Crippen LogP contribution in [0.15, 0.2) is 0 Å². The highest BCUT2D eigenvalue weighted by atomic mass is 28.3. The first-order valence-corrected chi connectivity index (χ1v) is 6.64. The molecule has 1 unspecified atom stereocenters. The summed E-state index contributed by atoms with van der Waals surface area (Å²) >= 11 is 0. The van der Waals surface area contributed by atoms with Crippen LogP contribution in [0.4, 0.5) is 0 Å². The van der Waals surface area contributed by atoms with Gasteiger partial charge in [0.15, 0.2) is 9.12 Å². The molecule has 2 N–H and O–H groups in total. The average molecular weight is 188 g/mol. The monoisotopic (exact) mass is 188 g/mol. The van der Waals surface area contributed by atoms with Crippen LogP contribution in [-0.4, -0.2) is 23.2 Å². The zero-order valence-corrected chi connectivity index (χ0v) is 10.5. The highest BCUT2D eigenvalue weighted by molar-refractivity contribution is 6.55. The molecular formula is C9H24N2Si. The van der Waals surface area contributed by atoms with Gasteiger partial charge in [-0.1, -0.05) is 34.1 Å². The Morgan fingerprint density at radius 1 is 1.17 bits per heavy atom. The van der Waals surface area contributed by atoms with E-state index in [4.69, 9.17) is 0 Å². The van der Waals surface area contributed by atoms with Crippen molar-refractivity contribution in [2.24, 2.45) is 5.41 Å². The zero-order valence-electron chi connectivity index (χ0n) is 9.36. The van der Waals surface area contributed by atoms with E-state index in [0.29, 0.717) is 5.41 Å². The van der Waals surface area contributed by atoms with Crippen LogP contribution >= 0.6 is 0 Å². The van der Waals surface area contributed by atoms with Crippen LogP contribution in [0, 0.1) is 5.41 Å². The van der Waals surface area contributed by atoms with Gasteiger partial charge in [0.1, 0.15) is 0 Å². The summed E-state index contributed by atoms with van der Waals surface area (Å²) in [4.78, 5) is 6.87. The lowest BCUT2D eigenvalue weighted by molar-refractivity contribution is 0.361. The minimum absolute atomic E-state index is 0.428. The molecule has 0 spiro atoms. The second-order valence-electron chi connectivity index (χ2n) is 4.44. The Bertz CT molecular complexity index is 116. The standard InChI is InChI=1S/C9H24N2Si/c1-7-8(9(2,3)4)12(10-5)11-6/h8,10-12H,7H2,1-6H3. The number of rotatable bonds is 4. The van der Waals surface area contributed by atoms with Gasteiger partial charge in [0.2, 0.25) is 0 Å². The van der Waals surface area contributed by atoms with Crippen molar-refractivity contribution in [3.8, 4) is 0 Å². The molecule has 0 rings (SSSR count). The predicted octanol–water partition coefficient (Wildman–Crippen LogP) is 1.47. The van der Waals surface area contributed by atoms with Gasteiger partial charge >= 0.3 is 0 Å². The molecule has 2 nitrogen and oxygen atoms in total. The molecule has 1 atom stereocenters. The normalized spacial score (nSPS) is 15.2. The van der Waals surface area contributed by atoms with E-state index in [2.05, 4.69) is 51.8 Å². The van der Waals surface area contributed by atoms with Crippen LogP contribution in [0.2, 0.25) is 5.54 Å². The lowest BCUT2D eigenvalue weighted by atomic mass is 9.90. The van der Waals surface area contributed by atoms with Crippen molar-refractivity contribution in [3.05, 3.63) is 0 Å². The molecule has 0 aromatic carbocycles. The van der Waals surface area contributed by atoms with Crippen molar-refractivity contribution in [3.63, 3.8) is 0 Å². The molecule has 12 heavy (non-hydrogen) atoms. The van der Waals surface area contributed by atoms with Gasteiger partial charge in [-0.05, 0) is 25.1 Å². The smallest absolute Gasteiger partial charge is 0.187 e. The lowest BCUT2D eigenvalue weighted by Crippen LogP contribution is -2.50. The highest BCUT2D eigenvalue weighted by Crippen LogP contribution is 2.34. The van der Waals surface area contributed by atoms with Crippen molar-refractivity contribution >= 4 is 9.12 Å². The summed E-state index contributed by atoms with van der Waals surface area (Å²) in [7, 11) is 3.21. The summed E-state index contributed by atoms with van der Waals surface area (Å²) in [5, 5.41) is 0. The quantitative estimate of drug-likeness (QED) is 0.653. The Morgan fingerprint density at radius 3 is 1.67 bits per heavy atom. The molecule has 0 aromatic rings. The van der Waals surface area contributed by atoms with Gasteiger partial charge in [-0.3, -0.25) is 0 Å². The molecule has 0 heterocycles. The number of hydrogen-bond donors (Lipinski definition) is 2. The SMILES string of the molecule is CCC([SiH](NC)NC)C(C)(C)C. The van der Waals surface area contributed by atoms with E-state index in [9.17, 15) is 0 Å². The van der Waals surface area contributed by atoms with Crippen molar-refractivity contribution in [2.75, 3.05) is 14.1 Å². The van der Waals surface area contributed by atoms with E-state index < -0.39 is 9.12 Å². The largest absolute Gasteiger partial charge is 0.330 e. The van der Waals surface area contributed by atoms with Gasteiger partial charge in [0.25, 0.3) is 0 Å².